The molecule has 236 valence electrons. The number of hydrogen-bond donors (Lipinski definition) is 2. The second-order valence-corrected chi connectivity index (χ2v) is 13.7. The predicted octanol–water partition coefficient (Wildman–Crippen LogP) is 7.14. The van der Waals surface area contributed by atoms with E-state index in [4.69, 9.17) is 4.74 Å². The van der Waals surface area contributed by atoms with E-state index in [1.165, 1.54) is 11.1 Å². The Bertz CT molecular complexity index is 1410. The highest BCUT2D eigenvalue weighted by Gasteiger charge is 2.36. The first kappa shape index (κ1) is 34.5. The molecule has 2 aromatic carbocycles. The van der Waals surface area contributed by atoms with Gasteiger partial charge in [0.05, 0.1) is 12.5 Å². The average Bonchev–Trinajstić information content (AvgIpc) is 2.94. The van der Waals surface area contributed by atoms with Crippen molar-refractivity contribution < 1.29 is 19.1 Å². The van der Waals surface area contributed by atoms with Crippen LogP contribution in [0.25, 0.3) is 11.1 Å². The molecule has 1 aromatic heterocycles. The molecule has 7 heteroatoms. The first-order valence-electron chi connectivity index (χ1n) is 15.5. The van der Waals surface area contributed by atoms with Gasteiger partial charge in [-0.1, -0.05) is 80.9 Å². The Morgan fingerprint density at radius 1 is 0.886 bits per heavy atom. The van der Waals surface area contributed by atoms with Crippen LogP contribution in [0.5, 0.6) is 0 Å². The minimum absolute atomic E-state index is 0.0623. The van der Waals surface area contributed by atoms with Gasteiger partial charge in [-0.3, -0.25) is 19.4 Å². The molecule has 7 nitrogen and oxygen atoms in total. The van der Waals surface area contributed by atoms with E-state index in [0.29, 0.717) is 12.8 Å². The Kier molecular flexibility index (Phi) is 11.9. The number of aryl methyl sites for hydroxylation is 2. The third-order valence-corrected chi connectivity index (χ3v) is 7.51. The minimum atomic E-state index is -0.808. The largest absolute Gasteiger partial charge is 0.460 e. The van der Waals surface area contributed by atoms with Crippen molar-refractivity contribution in [2.24, 2.45) is 11.3 Å². The third-order valence-electron chi connectivity index (χ3n) is 7.51. The van der Waals surface area contributed by atoms with Crippen molar-refractivity contribution in [3.63, 3.8) is 0 Å². The Morgan fingerprint density at radius 3 is 2.25 bits per heavy atom. The lowest BCUT2D eigenvalue weighted by molar-refractivity contribution is -0.157. The highest BCUT2D eigenvalue weighted by atomic mass is 16.6. The Balaban J connectivity index is 1.77. The van der Waals surface area contributed by atoms with Crippen molar-refractivity contribution in [2.45, 2.75) is 98.8 Å². The molecule has 0 fully saturated rings. The van der Waals surface area contributed by atoms with E-state index in [-0.39, 0.29) is 24.3 Å². The summed E-state index contributed by atoms with van der Waals surface area (Å²) in [4.78, 5) is 44.4. The monoisotopic (exact) mass is 599 g/mol. The molecule has 44 heavy (non-hydrogen) atoms. The van der Waals surface area contributed by atoms with Gasteiger partial charge in [0.2, 0.25) is 11.8 Å². The lowest BCUT2D eigenvalue weighted by Gasteiger charge is -2.32. The van der Waals surface area contributed by atoms with Crippen LogP contribution in [0.15, 0.2) is 73.1 Å². The van der Waals surface area contributed by atoms with Crippen LogP contribution in [0.4, 0.5) is 0 Å². The number of nitrogens with zero attached hydrogens (tertiary/aromatic N) is 1. The van der Waals surface area contributed by atoms with E-state index in [9.17, 15) is 14.4 Å². The molecule has 0 aliphatic carbocycles. The molecule has 0 bridgehead atoms. The fourth-order valence-corrected chi connectivity index (χ4v) is 5.23. The number of ether oxygens (including phenoxy) is 1. The van der Waals surface area contributed by atoms with Crippen LogP contribution in [-0.4, -0.2) is 34.4 Å². The van der Waals surface area contributed by atoms with E-state index in [1.54, 1.807) is 12.4 Å². The predicted molar refractivity (Wildman–Crippen MR) is 176 cm³/mol. The van der Waals surface area contributed by atoms with Crippen LogP contribution >= 0.6 is 0 Å². The number of carbonyl (C=O) groups is 3. The third kappa shape index (κ3) is 10.6. The number of carbonyl (C=O) groups excluding carboxylic acids is 3. The minimum Gasteiger partial charge on any atom is -0.460 e. The van der Waals surface area contributed by atoms with Gasteiger partial charge in [0, 0.05) is 18.3 Å². The highest BCUT2D eigenvalue weighted by Crippen LogP contribution is 2.28. The molecule has 3 aromatic rings. The van der Waals surface area contributed by atoms with Crippen molar-refractivity contribution >= 4 is 17.8 Å². The van der Waals surface area contributed by atoms with Crippen molar-refractivity contribution in [3.8, 4) is 11.1 Å². The summed E-state index contributed by atoms with van der Waals surface area (Å²) in [6.07, 6.45) is 5.24. The number of benzene rings is 2. The van der Waals surface area contributed by atoms with E-state index in [1.807, 2.05) is 72.7 Å². The number of aromatic nitrogens is 1. The standard InChI is InChI=1S/C37H49N3O4/c1-25-14-11-17-28(22-25)31-20-10-9-15-27(31)16-12-18-29(23-32(41)44-37(6,7)8)34(42)40-33(36(3,4)5)35(43)39-26(2)30-19-13-21-38-24-30/h9-11,13-15,17,19-22,24,26,29,33H,12,16,18,23H2,1-8H3,(H,39,43)(H,40,42)/t26-,29-,33-/m1/s1. The van der Waals surface area contributed by atoms with Gasteiger partial charge in [-0.2, -0.15) is 0 Å². The SMILES string of the molecule is Cc1cccc(-c2ccccc2CCC[C@H](CC(=O)OC(C)(C)C)C(=O)N[C@H](C(=O)N[C@H](C)c2cccnc2)C(C)(C)C)c1. The van der Waals surface area contributed by atoms with Crippen molar-refractivity contribution in [2.75, 3.05) is 0 Å². The molecule has 2 N–H and O–H groups in total. The summed E-state index contributed by atoms with van der Waals surface area (Å²) in [5, 5.41) is 6.02. The average molecular weight is 600 g/mol. The molecular formula is C37H49N3O4. The number of esters is 1. The van der Waals surface area contributed by atoms with Crippen LogP contribution in [0.1, 0.15) is 90.5 Å². The Hall–Kier alpha value is -4.00. The number of amides is 2. The van der Waals surface area contributed by atoms with Crippen LogP contribution in [0.3, 0.4) is 0 Å². The summed E-state index contributed by atoms with van der Waals surface area (Å²) < 4.78 is 5.59. The van der Waals surface area contributed by atoms with Gasteiger partial charge in [-0.05, 0) is 87.6 Å². The number of pyridine rings is 1. The molecule has 1 heterocycles. The summed E-state index contributed by atoms with van der Waals surface area (Å²) in [5.74, 6) is -1.69. The molecule has 0 saturated carbocycles. The van der Waals surface area contributed by atoms with Crippen LogP contribution in [0, 0.1) is 18.3 Å². The zero-order valence-corrected chi connectivity index (χ0v) is 27.6. The number of hydrogen-bond acceptors (Lipinski definition) is 5. The van der Waals surface area contributed by atoms with Crippen molar-refractivity contribution in [1.29, 1.82) is 0 Å². The zero-order valence-electron chi connectivity index (χ0n) is 27.6. The van der Waals surface area contributed by atoms with Crippen LogP contribution in [0.2, 0.25) is 0 Å². The van der Waals surface area contributed by atoms with Gasteiger partial charge >= 0.3 is 5.97 Å². The fourth-order valence-electron chi connectivity index (χ4n) is 5.23. The molecule has 2 amide bonds. The molecular weight excluding hydrogens is 550 g/mol. The molecule has 0 unspecified atom stereocenters. The summed E-state index contributed by atoms with van der Waals surface area (Å²) >= 11 is 0. The zero-order chi connectivity index (χ0) is 32.5. The van der Waals surface area contributed by atoms with E-state index in [2.05, 4.69) is 58.9 Å². The molecule has 3 rings (SSSR count). The van der Waals surface area contributed by atoms with Gasteiger partial charge in [0.15, 0.2) is 0 Å². The topological polar surface area (TPSA) is 97.4 Å². The van der Waals surface area contributed by atoms with Crippen LogP contribution in [-0.2, 0) is 25.5 Å². The maximum Gasteiger partial charge on any atom is 0.307 e. The van der Waals surface area contributed by atoms with Crippen LogP contribution < -0.4 is 10.6 Å². The maximum absolute atomic E-state index is 13.8. The van der Waals surface area contributed by atoms with E-state index >= 15 is 0 Å². The second kappa shape index (κ2) is 15.1. The molecule has 0 spiro atoms. The molecule has 0 saturated heterocycles. The first-order valence-corrected chi connectivity index (χ1v) is 15.5. The summed E-state index contributed by atoms with van der Waals surface area (Å²) in [7, 11) is 0. The smallest absolute Gasteiger partial charge is 0.307 e. The summed E-state index contributed by atoms with van der Waals surface area (Å²) in [6.45, 7) is 15.1. The maximum atomic E-state index is 13.8. The van der Waals surface area contributed by atoms with Gasteiger partial charge in [-0.25, -0.2) is 0 Å². The van der Waals surface area contributed by atoms with Gasteiger partial charge < -0.3 is 15.4 Å². The normalized spacial score (nSPS) is 13.8. The fraction of sp³-hybridized carbons (Fsp3) is 0.459. The quantitative estimate of drug-likeness (QED) is 0.216. The molecule has 0 radical (unpaired) electrons. The van der Waals surface area contributed by atoms with E-state index < -0.39 is 28.9 Å². The van der Waals surface area contributed by atoms with Gasteiger partial charge in [0.25, 0.3) is 0 Å². The summed E-state index contributed by atoms with van der Waals surface area (Å²) in [6, 6.07) is 19.3. The lowest BCUT2D eigenvalue weighted by Crippen LogP contribution is -2.55. The van der Waals surface area contributed by atoms with Crippen molar-refractivity contribution in [1.82, 2.24) is 15.6 Å². The molecule has 0 aliphatic heterocycles. The summed E-state index contributed by atoms with van der Waals surface area (Å²) in [5.41, 5.74) is 4.33. The first-order chi connectivity index (χ1) is 20.6. The second-order valence-electron chi connectivity index (χ2n) is 13.7. The Morgan fingerprint density at radius 2 is 1.61 bits per heavy atom. The number of nitrogens with one attached hydrogen (secondary N) is 2. The number of rotatable bonds is 12. The Labute approximate surface area is 263 Å². The molecule has 0 aliphatic rings. The highest BCUT2D eigenvalue weighted by molar-refractivity contribution is 5.90. The van der Waals surface area contributed by atoms with Crippen molar-refractivity contribution in [3.05, 3.63) is 89.7 Å². The molecule has 3 atom stereocenters. The van der Waals surface area contributed by atoms with Gasteiger partial charge in [-0.15, -0.1) is 0 Å². The van der Waals surface area contributed by atoms with E-state index in [0.717, 1.165) is 23.1 Å². The van der Waals surface area contributed by atoms with Gasteiger partial charge in [0.1, 0.15) is 11.6 Å². The lowest BCUT2D eigenvalue weighted by atomic mass is 9.85.